The van der Waals surface area contributed by atoms with Crippen molar-refractivity contribution in [2.75, 3.05) is 27.4 Å². The van der Waals surface area contributed by atoms with E-state index >= 15 is 0 Å². The molecule has 0 saturated carbocycles. The second-order valence-electron chi connectivity index (χ2n) is 6.82. The number of nitrogens with one attached hydrogen (secondary N) is 1. The van der Waals surface area contributed by atoms with E-state index in [9.17, 15) is 4.79 Å². The summed E-state index contributed by atoms with van der Waals surface area (Å²) in [6.45, 7) is 2.68. The van der Waals surface area contributed by atoms with Crippen LogP contribution in [0.2, 0.25) is 0 Å². The highest BCUT2D eigenvalue weighted by Crippen LogP contribution is 2.21. The molecule has 3 rings (SSSR count). The van der Waals surface area contributed by atoms with Crippen LogP contribution in [-0.2, 0) is 24.4 Å². The number of methoxy groups -OCH3 is 2. The van der Waals surface area contributed by atoms with Crippen molar-refractivity contribution >= 4 is 5.91 Å². The Bertz CT molecular complexity index is 927. The number of amides is 1. The number of carbonyl (C=O) groups excluding carboxylic acids is 1. The summed E-state index contributed by atoms with van der Waals surface area (Å²) in [7, 11) is 3.26. The summed E-state index contributed by atoms with van der Waals surface area (Å²) in [5, 5.41) is 2.74. The van der Waals surface area contributed by atoms with Gasteiger partial charge in [-0.3, -0.25) is 9.69 Å². The van der Waals surface area contributed by atoms with E-state index in [0.29, 0.717) is 38.7 Å². The van der Waals surface area contributed by atoms with Gasteiger partial charge in [0.05, 0.1) is 20.3 Å². The van der Waals surface area contributed by atoms with Crippen LogP contribution >= 0.6 is 0 Å². The van der Waals surface area contributed by atoms with Gasteiger partial charge >= 0.3 is 0 Å². The molecule has 1 amide bonds. The maximum atomic E-state index is 12.2. The SMILES string of the molecule is COCCNC(=O)c1coc(CN(Cc2ccccc2)Cc2ccccc2OC)n1. The van der Waals surface area contributed by atoms with Crippen molar-refractivity contribution in [3.63, 3.8) is 0 Å². The van der Waals surface area contributed by atoms with Crippen LogP contribution in [0.15, 0.2) is 65.3 Å². The van der Waals surface area contributed by atoms with E-state index in [0.717, 1.165) is 11.3 Å². The third-order valence-corrected chi connectivity index (χ3v) is 4.57. The lowest BCUT2D eigenvalue weighted by Crippen LogP contribution is -2.27. The van der Waals surface area contributed by atoms with E-state index in [1.807, 2.05) is 42.5 Å². The van der Waals surface area contributed by atoms with Gasteiger partial charge < -0.3 is 19.2 Å². The number of carbonyl (C=O) groups is 1. The number of oxazole rings is 1. The third-order valence-electron chi connectivity index (χ3n) is 4.57. The summed E-state index contributed by atoms with van der Waals surface area (Å²) in [4.78, 5) is 18.7. The molecule has 0 aliphatic carbocycles. The largest absolute Gasteiger partial charge is 0.496 e. The average molecular weight is 409 g/mol. The fourth-order valence-corrected chi connectivity index (χ4v) is 3.12. The molecule has 0 radical (unpaired) electrons. The second kappa shape index (κ2) is 11.1. The Balaban J connectivity index is 1.73. The van der Waals surface area contributed by atoms with Crippen LogP contribution in [-0.4, -0.2) is 43.2 Å². The number of hydrogen-bond donors (Lipinski definition) is 1. The molecular formula is C23H27N3O4. The number of aromatic nitrogens is 1. The van der Waals surface area contributed by atoms with Crippen LogP contribution < -0.4 is 10.1 Å². The summed E-state index contributed by atoms with van der Waals surface area (Å²) in [6.07, 6.45) is 1.39. The standard InChI is InChI=1S/C23H27N3O4/c1-28-13-12-24-23(27)20-17-30-22(25-20)16-26(14-18-8-4-3-5-9-18)15-19-10-6-7-11-21(19)29-2/h3-11,17H,12-16H2,1-2H3,(H,24,27). The minimum atomic E-state index is -0.276. The van der Waals surface area contributed by atoms with Gasteiger partial charge in [0.1, 0.15) is 12.0 Å². The van der Waals surface area contributed by atoms with Crippen molar-refractivity contribution in [1.82, 2.24) is 15.2 Å². The molecular weight excluding hydrogens is 382 g/mol. The van der Waals surface area contributed by atoms with Crippen LogP contribution in [0.5, 0.6) is 5.75 Å². The van der Waals surface area contributed by atoms with E-state index in [4.69, 9.17) is 13.9 Å². The van der Waals surface area contributed by atoms with Crippen molar-refractivity contribution in [2.45, 2.75) is 19.6 Å². The summed E-state index contributed by atoms with van der Waals surface area (Å²) < 4.78 is 16.0. The number of ether oxygens (including phenoxy) is 2. The predicted octanol–water partition coefficient (Wildman–Crippen LogP) is 3.26. The second-order valence-corrected chi connectivity index (χ2v) is 6.82. The molecule has 0 spiro atoms. The van der Waals surface area contributed by atoms with E-state index in [-0.39, 0.29) is 11.6 Å². The fourth-order valence-electron chi connectivity index (χ4n) is 3.12. The maximum absolute atomic E-state index is 12.2. The quantitative estimate of drug-likeness (QED) is 0.490. The van der Waals surface area contributed by atoms with Crippen LogP contribution in [0.25, 0.3) is 0 Å². The van der Waals surface area contributed by atoms with Gasteiger partial charge in [-0.15, -0.1) is 0 Å². The number of hydrogen-bond acceptors (Lipinski definition) is 6. The Labute approximate surface area is 176 Å². The van der Waals surface area contributed by atoms with Gasteiger partial charge in [-0.05, 0) is 11.6 Å². The van der Waals surface area contributed by atoms with E-state index < -0.39 is 0 Å². The van der Waals surface area contributed by atoms with Gasteiger partial charge in [-0.1, -0.05) is 48.5 Å². The molecule has 0 bridgehead atoms. The minimum Gasteiger partial charge on any atom is -0.496 e. The molecule has 2 aromatic carbocycles. The Hall–Kier alpha value is -3.16. The van der Waals surface area contributed by atoms with E-state index in [2.05, 4.69) is 27.3 Å². The van der Waals surface area contributed by atoms with Gasteiger partial charge in [-0.25, -0.2) is 4.98 Å². The molecule has 0 aliphatic heterocycles. The molecule has 3 aromatic rings. The molecule has 0 aliphatic rings. The van der Waals surface area contributed by atoms with Gasteiger partial charge in [-0.2, -0.15) is 0 Å². The zero-order valence-electron chi connectivity index (χ0n) is 17.3. The van der Waals surface area contributed by atoms with Crippen molar-refractivity contribution in [2.24, 2.45) is 0 Å². The average Bonchev–Trinajstić information content (AvgIpc) is 3.23. The lowest BCUT2D eigenvalue weighted by molar-refractivity contribution is 0.0932. The van der Waals surface area contributed by atoms with Crippen molar-refractivity contribution in [3.8, 4) is 5.75 Å². The van der Waals surface area contributed by atoms with Gasteiger partial charge in [0.15, 0.2) is 5.69 Å². The number of para-hydroxylation sites is 1. The van der Waals surface area contributed by atoms with Crippen LogP contribution in [0, 0.1) is 0 Å². The monoisotopic (exact) mass is 409 g/mol. The van der Waals surface area contributed by atoms with Crippen molar-refractivity contribution < 1.29 is 18.7 Å². The Morgan fingerprint density at radius 3 is 2.57 bits per heavy atom. The van der Waals surface area contributed by atoms with Crippen LogP contribution in [0.1, 0.15) is 27.5 Å². The topological polar surface area (TPSA) is 76.8 Å². The first-order valence-electron chi connectivity index (χ1n) is 9.79. The highest BCUT2D eigenvalue weighted by Gasteiger charge is 2.16. The zero-order valence-corrected chi connectivity index (χ0v) is 17.3. The third kappa shape index (κ3) is 6.17. The lowest BCUT2D eigenvalue weighted by Gasteiger charge is -2.22. The van der Waals surface area contributed by atoms with Gasteiger partial charge in [0, 0.05) is 32.3 Å². The summed E-state index contributed by atoms with van der Waals surface area (Å²) in [5.41, 5.74) is 2.51. The Morgan fingerprint density at radius 1 is 1.03 bits per heavy atom. The van der Waals surface area contributed by atoms with Crippen LogP contribution in [0.4, 0.5) is 0 Å². The van der Waals surface area contributed by atoms with Gasteiger partial charge in [0.2, 0.25) is 5.89 Å². The van der Waals surface area contributed by atoms with Crippen molar-refractivity contribution in [1.29, 1.82) is 0 Å². The Kier molecular flexibility index (Phi) is 8.00. The molecule has 30 heavy (non-hydrogen) atoms. The lowest BCUT2D eigenvalue weighted by atomic mass is 10.1. The molecule has 1 N–H and O–H groups in total. The van der Waals surface area contributed by atoms with Crippen LogP contribution in [0.3, 0.4) is 0 Å². The molecule has 158 valence electrons. The number of nitrogens with zero attached hydrogens (tertiary/aromatic N) is 2. The molecule has 1 aromatic heterocycles. The first-order valence-corrected chi connectivity index (χ1v) is 9.79. The van der Waals surface area contributed by atoms with Gasteiger partial charge in [0.25, 0.3) is 5.91 Å². The first kappa shape index (κ1) is 21.5. The molecule has 1 heterocycles. The zero-order chi connectivity index (χ0) is 21.2. The predicted molar refractivity (Wildman–Crippen MR) is 113 cm³/mol. The molecule has 0 saturated heterocycles. The van der Waals surface area contributed by atoms with Crippen molar-refractivity contribution in [3.05, 3.63) is 83.6 Å². The summed E-state index contributed by atoms with van der Waals surface area (Å²) in [5.74, 6) is 1.04. The number of benzene rings is 2. The highest BCUT2D eigenvalue weighted by molar-refractivity contribution is 5.91. The molecule has 0 unspecified atom stereocenters. The normalized spacial score (nSPS) is 10.9. The maximum Gasteiger partial charge on any atom is 0.273 e. The minimum absolute atomic E-state index is 0.262. The highest BCUT2D eigenvalue weighted by atomic mass is 16.5. The van der Waals surface area contributed by atoms with E-state index in [1.54, 1.807) is 14.2 Å². The molecule has 0 atom stereocenters. The molecule has 7 nitrogen and oxygen atoms in total. The Morgan fingerprint density at radius 2 is 1.80 bits per heavy atom. The molecule has 0 fully saturated rings. The summed E-state index contributed by atoms with van der Waals surface area (Å²) in [6, 6.07) is 18.1. The molecule has 7 heteroatoms. The number of rotatable bonds is 11. The fraction of sp³-hybridized carbons (Fsp3) is 0.304. The summed E-state index contributed by atoms with van der Waals surface area (Å²) >= 11 is 0. The smallest absolute Gasteiger partial charge is 0.273 e. The first-order chi connectivity index (χ1) is 14.7. The van der Waals surface area contributed by atoms with E-state index in [1.165, 1.54) is 11.8 Å².